The second-order valence-electron chi connectivity index (χ2n) is 6.76. The Hall–Kier alpha value is -0.610. The number of nitrogens with zero attached hydrogens (tertiary/aromatic N) is 1. The van der Waals surface area contributed by atoms with E-state index in [1.54, 1.807) is 0 Å². The molecule has 1 unspecified atom stereocenters. The number of hydrogen-bond acceptors (Lipinski definition) is 3. The first-order chi connectivity index (χ1) is 8.21. The molecule has 1 saturated heterocycles. The Morgan fingerprint density at radius 3 is 2.17 bits per heavy atom. The summed E-state index contributed by atoms with van der Waals surface area (Å²) in [6, 6.07) is 0.458. The van der Waals surface area contributed by atoms with Crippen molar-refractivity contribution < 1.29 is 4.79 Å². The van der Waals surface area contributed by atoms with Crippen molar-refractivity contribution in [1.82, 2.24) is 10.2 Å². The topological polar surface area (TPSA) is 58.4 Å². The maximum Gasteiger partial charge on any atom is 0.237 e. The van der Waals surface area contributed by atoms with E-state index >= 15 is 0 Å². The van der Waals surface area contributed by atoms with Gasteiger partial charge in [-0.2, -0.15) is 0 Å². The zero-order valence-corrected chi connectivity index (χ0v) is 12.5. The van der Waals surface area contributed by atoms with Crippen molar-refractivity contribution in [2.45, 2.75) is 65.6 Å². The highest BCUT2D eigenvalue weighted by atomic mass is 16.2. The standard InChI is InChI=1S/C14H29N3O/c1-10(2)17-8-6-11(7-9-17)16-13(18)12(15)14(3,4)5/h10-12H,6-9,15H2,1-5H3,(H,16,18). The lowest BCUT2D eigenvalue weighted by Crippen LogP contribution is -2.54. The van der Waals surface area contributed by atoms with Crippen molar-refractivity contribution in [3.63, 3.8) is 0 Å². The third kappa shape index (κ3) is 4.25. The van der Waals surface area contributed by atoms with Gasteiger partial charge in [0.05, 0.1) is 6.04 Å². The number of carbonyl (C=O) groups is 1. The number of likely N-dealkylation sites (tertiary alicyclic amines) is 1. The summed E-state index contributed by atoms with van der Waals surface area (Å²) in [7, 11) is 0. The average Bonchev–Trinajstić information content (AvgIpc) is 2.27. The van der Waals surface area contributed by atoms with E-state index in [0.717, 1.165) is 25.9 Å². The van der Waals surface area contributed by atoms with Crippen molar-refractivity contribution >= 4 is 5.91 Å². The van der Waals surface area contributed by atoms with E-state index in [4.69, 9.17) is 5.73 Å². The van der Waals surface area contributed by atoms with Crippen molar-refractivity contribution in [2.24, 2.45) is 11.1 Å². The van der Waals surface area contributed by atoms with E-state index in [2.05, 4.69) is 24.1 Å². The molecular formula is C14H29N3O. The van der Waals surface area contributed by atoms with Crippen molar-refractivity contribution in [1.29, 1.82) is 0 Å². The van der Waals surface area contributed by atoms with Crippen LogP contribution in [0.3, 0.4) is 0 Å². The van der Waals surface area contributed by atoms with Crippen molar-refractivity contribution in [3.8, 4) is 0 Å². The van der Waals surface area contributed by atoms with Crippen LogP contribution >= 0.6 is 0 Å². The predicted molar refractivity (Wildman–Crippen MR) is 75.3 cm³/mol. The van der Waals surface area contributed by atoms with E-state index in [-0.39, 0.29) is 11.3 Å². The fourth-order valence-electron chi connectivity index (χ4n) is 2.24. The highest BCUT2D eigenvalue weighted by molar-refractivity contribution is 5.82. The maximum atomic E-state index is 12.0. The van der Waals surface area contributed by atoms with Gasteiger partial charge in [0, 0.05) is 25.2 Å². The fraction of sp³-hybridized carbons (Fsp3) is 0.929. The first kappa shape index (κ1) is 15.4. The third-order valence-corrected chi connectivity index (χ3v) is 3.82. The van der Waals surface area contributed by atoms with Gasteiger partial charge in [0.2, 0.25) is 5.91 Å². The quantitative estimate of drug-likeness (QED) is 0.800. The molecule has 3 N–H and O–H groups in total. The van der Waals surface area contributed by atoms with Gasteiger partial charge in [-0.1, -0.05) is 20.8 Å². The van der Waals surface area contributed by atoms with Gasteiger partial charge in [-0.05, 0) is 32.1 Å². The minimum absolute atomic E-state index is 0.00880. The van der Waals surface area contributed by atoms with Crippen LogP contribution < -0.4 is 11.1 Å². The molecule has 1 aliphatic heterocycles. The Morgan fingerprint density at radius 2 is 1.78 bits per heavy atom. The smallest absolute Gasteiger partial charge is 0.237 e. The largest absolute Gasteiger partial charge is 0.352 e. The second kappa shape index (κ2) is 6.02. The van der Waals surface area contributed by atoms with E-state index in [9.17, 15) is 4.79 Å². The molecule has 0 aromatic heterocycles. The maximum absolute atomic E-state index is 12.0. The fourth-order valence-corrected chi connectivity index (χ4v) is 2.24. The zero-order valence-electron chi connectivity index (χ0n) is 12.5. The van der Waals surface area contributed by atoms with Crippen LogP contribution in [0, 0.1) is 5.41 Å². The van der Waals surface area contributed by atoms with Gasteiger partial charge in [0.25, 0.3) is 0 Å². The Bertz CT molecular complexity index is 275. The molecule has 1 atom stereocenters. The molecule has 0 spiro atoms. The molecule has 0 aromatic rings. The van der Waals surface area contributed by atoms with Crippen LogP contribution in [-0.2, 0) is 4.79 Å². The molecule has 0 aromatic carbocycles. The van der Waals surface area contributed by atoms with Gasteiger partial charge < -0.3 is 16.0 Å². The Morgan fingerprint density at radius 1 is 1.28 bits per heavy atom. The average molecular weight is 255 g/mol. The molecule has 106 valence electrons. The normalized spacial score (nSPS) is 21.1. The molecule has 18 heavy (non-hydrogen) atoms. The van der Waals surface area contributed by atoms with Crippen LogP contribution in [-0.4, -0.2) is 42.0 Å². The molecule has 4 nitrogen and oxygen atoms in total. The Kier molecular flexibility index (Phi) is 5.17. The van der Waals surface area contributed by atoms with Crippen molar-refractivity contribution in [3.05, 3.63) is 0 Å². The molecule has 0 aliphatic carbocycles. The first-order valence-corrected chi connectivity index (χ1v) is 7.02. The second-order valence-corrected chi connectivity index (χ2v) is 6.76. The Labute approximate surface area is 111 Å². The lowest BCUT2D eigenvalue weighted by Gasteiger charge is -2.36. The minimum atomic E-state index is -0.430. The molecule has 0 saturated carbocycles. The molecule has 1 rings (SSSR count). The first-order valence-electron chi connectivity index (χ1n) is 7.02. The summed E-state index contributed by atoms with van der Waals surface area (Å²) in [5, 5.41) is 3.09. The SMILES string of the molecule is CC(C)N1CCC(NC(=O)C(N)C(C)(C)C)CC1. The molecule has 1 heterocycles. The third-order valence-electron chi connectivity index (χ3n) is 3.82. The highest BCUT2D eigenvalue weighted by Gasteiger charge is 2.30. The molecule has 1 amide bonds. The zero-order chi connectivity index (χ0) is 13.9. The van der Waals surface area contributed by atoms with Crippen LogP contribution in [0.2, 0.25) is 0 Å². The summed E-state index contributed by atoms with van der Waals surface area (Å²) in [5.41, 5.74) is 5.79. The summed E-state index contributed by atoms with van der Waals surface area (Å²) >= 11 is 0. The Balaban J connectivity index is 2.39. The van der Waals surface area contributed by atoms with Crippen LogP contribution in [0.4, 0.5) is 0 Å². The van der Waals surface area contributed by atoms with Crippen LogP contribution in [0.1, 0.15) is 47.5 Å². The van der Waals surface area contributed by atoms with Crippen molar-refractivity contribution in [2.75, 3.05) is 13.1 Å². The summed E-state index contributed by atoms with van der Waals surface area (Å²) in [5.74, 6) is -0.00880. The summed E-state index contributed by atoms with van der Waals surface area (Å²) in [6.07, 6.45) is 2.06. The van der Waals surface area contributed by atoms with E-state index in [0.29, 0.717) is 12.1 Å². The summed E-state index contributed by atoms with van der Waals surface area (Å²) in [6.45, 7) is 12.6. The van der Waals surface area contributed by atoms with Crippen LogP contribution in [0.5, 0.6) is 0 Å². The number of rotatable bonds is 3. The lowest BCUT2D eigenvalue weighted by atomic mass is 9.86. The molecular weight excluding hydrogens is 226 g/mol. The van der Waals surface area contributed by atoms with E-state index < -0.39 is 6.04 Å². The summed E-state index contributed by atoms with van der Waals surface area (Å²) in [4.78, 5) is 14.5. The van der Waals surface area contributed by atoms with Crippen LogP contribution in [0.15, 0.2) is 0 Å². The molecule has 1 fully saturated rings. The number of hydrogen-bond donors (Lipinski definition) is 2. The van der Waals surface area contributed by atoms with Gasteiger partial charge in [-0.3, -0.25) is 4.79 Å². The van der Waals surface area contributed by atoms with E-state index in [1.165, 1.54) is 0 Å². The van der Waals surface area contributed by atoms with Crippen LogP contribution in [0.25, 0.3) is 0 Å². The number of nitrogens with one attached hydrogen (secondary N) is 1. The van der Waals surface area contributed by atoms with Gasteiger partial charge in [0.15, 0.2) is 0 Å². The van der Waals surface area contributed by atoms with E-state index in [1.807, 2.05) is 20.8 Å². The summed E-state index contributed by atoms with van der Waals surface area (Å²) < 4.78 is 0. The molecule has 0 bridgehead atoms. The monoisotopic (exact) mass is 255 g/mol. The highest BCUT2D eigenvalue weighted by Crippen LogP contribution is 2.18. The van der Waals surface area contributed by atoms with Gasteiger partial charge in [0.1, 0.15) is 0 Å². The van der Waals surface area contributed by atoms with Gasteiger partial charge in [-0.25, -0.2) is 0 Å². The molecule has 4 heteroatoms. The van der Waals surface area contributed by atoms with Gasteiger partial charge >= 0.3 is 0 Å². The number of carbonyl (C=O) groups excluding carboxylic acids is 1. The minimum Gasteiger partial charge on any atom is -0.352 e. The number of piperidine rings is 1. The predicted octanol–water partition coefficient (Wildman–Crippen LogP) is 1.35. The lowest BCUT2D eigenvalue weighted by molar-refractivity contribution is -0.125. The van der Waals surface area contributed by atoms with Gasteiger partial charge in [-0.15, -0.1) is 0 Å². The number of amides is 1. The molecule has 1 aliphatic rings. The number of nitrogens with two attached hydrogens (primary N) is 1. The molecule has 0 radical (unpaired) electrons.